The van der Waals surface area contributed by atoms with E-state index in [-0.39, 0.29) is 12.1 Å². The topological polar surface area (TPSA) is 42.1 Å². The van der Waals surface area contributed by atoms with E-state index >= 15 is 0 Å². The van der Waals surface area contributed by atoms with E-state index in [2.05, 4.69) is 4.98 Å². The molecule has 0 aliphatic carbocycles. The molecule has 2 N–H and O–H groups in total. The van der Waals surface area contributed by atoms with Gasteiger partial charge in [0.25, 0.3) is 0 Å². The van der Waals surface area contributed by atoms with Crippen molar-refractivity contribution in [1.82, 2.24) is 9.88 Å². The second-order valence-corrected chi connectivity index (χ2v) is 6.22. The summed E-state index contributed by atoms with van der Waals surface area (Å²) in [5, 5.41) is 0.514. The van der Waals surface area contributed by atoms with E-state index in [4.69, 9.17) is 5.73 Å². The van der Waals surface area contributed by atoms with Crippen molar-refractivity contribution in [3.8, 4) is 0 Å². The molecule has 0 spiro atoms. The molecule has 2 heterocycles. The molecule has 1 saturated heterocycles. The number of likely N-dealkylation sites (tertiary alicyclic amines) is 1. The molecule has 1 fully saturated rings. The highest BCUT2D eigenvalue weighted by Gasteiger charge is 2.41. The highest BCUT2D eigenvalue weighted by molar-refractivity contribution is 7.15. The second kappa shape index (κ2) is 5.10. The Labute approximate surface area is 120 Å². The van der Waals surface area contributed by atoms with Crippen molar-refractivity contribution in [2.75, 3.05) is 18.8 Å². The fourth-order valence-electron chi connectivity index (χ4n) is 2.64. The molecule has 0 radical (unpaired) electrons. The van der Waals surface area contributed by atoms with Crippen LogP contribution in [0.4, 0.5) is 13.9 Å². The minimum atomic E-state index is -1.61. The summed E-state index contributed by atoms with van der Waals surface area (Å²) in [4.78, 5) is 6.96. The van der Waals surface area contributed by atoms with Gasteiger partial charge in [0.15, 0.2) is 10.8 Å². The van der Waals surface area contributed by atoms with Crippen molar-refractivity contribution in [3.63, 3.8) is 0 Å². The minimum absolute atomic E-state index is 0.159. The molecule has 2 aromatic rings. The molecule has 0 saturated carbocycles. The quantitative estimate of drug-likeness (QED) is 0.946. The van der Waals surface area contributed by atoms with E-state index < -0.39 is 11.5 Å². The first-order valence-corrected chi connectivity index (χ1v) is 7.25. The van der Waals surface area contributed by atoms with Crippen molar-refractivity contribution in [2.45, 2.75) is 18.6 Å². The van der Waals surface area contributed by atoms with Gasteiger partial charge in [0.1, 0.15) is 5.82 Å². The van der Waals surface area contributed by atoms with E-state index in [1.54, 1.807) is 18.3 Å². The van der Waals surface area contributed by atoms with Crippen LogP contribution in [0.3, 0.4) is 0 Å². The Morgan fingerprint density at radius 2 is 2.20 bits per heavy atom. The summed E-state index contributed by atoms with van der Waals surface area (Å²) < 4.78 is 28.7. The van der Waals surface area contributed by atoms with E-state index in [0.717, 1.165) is 4.88 Å². The zero-order valence-corrected chi connectivity index (χ0v) is 11.7. The van der Waals surface area contributed by atoms with Crippen LogP contribution < -0.4 is 5.73 Å². The molecule has 20 heavy (non-hydrogen) atoms. The molecule has 1 aromatic carbocycles. The summed E-state index contributed by atoms with van der Waals surface area (Å²) in [5.41, 5.74) is 4.13. The molecule has 1 aliphatic rings. The molecule has 1 aromatic heterocycles. The molecule has 6 heteroatoms. The van der Waals surface area contributed by atoms with Crippen LogP contribution in [0.25, 0.3) is 0 Å². The molecule has 106 valence electrons. The summed E-state index contributed by atoms with van der Waals surface area (Å²) in [6, 6.07) is 6.09. The number of hydrogen-bond donors (Lipinski definition) is 1. The van der Waals surface area contributed by atoms with Gasteiger partial charge >= 0.3 is 0 Å². The number of thiazole rings is 1. The smallest absolute Gasteiger partial charge is 0.180 e. The standard InChI is InChI=1S/C14H15F2N3S/c15-12-4-2-1-3-11(12)14(16)5-6-19(9-14)8-10-7-18-13(17)20-10/h1-4,7H,5-6,8-9H2,(H2,17,18). The maximum atomic E-state index is 14.9. The van der Waals surface area contributed by atoms with E-state index in [1.165, 1.54) is 23.5 Å². The molecule has 3 rings (SSSR count). The fourth-order valence-corrected chi connectivity index (χ4v) is 3.37. The number of halogens is 2. The van der Waals surface area contributed by atoms with Crippen LogP contribution in [0.15, 0.2) is 30.5 Å². The Bertz CT molecular complexity index is 616. The van der Waals surface area contributed by atoms with Gasteiger partial charge in [-0.05, 0) is 12.5 Å². The maximum absolute atomic E-state index is 14.9. The molecule has 3 nitrogen and oxygen atoms in total. The zero-order chi connectivity index (χ0) is 14.2. The van der Waals surface area contributed by atoms with Crippen LogP contribution >= 0.6 is 11.3 Å². The summed E-state index contributed by atoms with van der Waals surface area (Å²) in [6.07, 6.45) is 2.02. The lowest BCUT2D eigenvalue weighted by atomic mass is 9.94. The Kier molecular flexibility index (Phi) is 3.43. The van der Waals surface area contributed by atoms with Gasteiger partial charge in [-0.2, -0.15) is 0 Å². The van der Waals surface area contributed by atoms with Gasteiger partial charge < -0.3 is 5.73 Å². The monoisotopic (exact) mass is 295 g/mol. The molecule has 0 amide bonds. The van der Waals surface area contributed by atoms with Gasteiger partial charge in [-0.15, -0.1) is 11.3 Å². The van der Waals surface area contributed by atoms with E-state index in [0.29, 0.717) is 24.6 Å². The first kappa shape index (κ1) is 13.5. The van der Waals surface area contributed by atoms with Crippen LogP contribution in [-0.4, -0.2) is 23.0 Å². The van der Waals surface area contributed by atoms with Crippen molar-refractivity contribution >= 4 is 16.5 Å². The number of alkyl halides is 1. The number of anilines is 1. The number of aromatic nitrogens is 1. The molecule has 1 unspecified atom stereocenters. The number of nitrogens with two attached hydrogens (primary N) is 1. The maximum Gasteiger partial charge on any atom is 0.180 e. The summed E-state index contributed by atoms with van der Waals surface area (Å²) in [5.74, 6) is -0.473. The Balaban J connectivity index is 1.74. The molecular formula is C14H15F2N3S. The lowest BCUT2D eigenvalue weighted by Gasteiger charge is -2.21. The number of rotatable bonds is 3. The van der Waals surface area contributed by atoms with Gasteiger partial charge in [-0.1, -0.05) is 18.2 Å². The summed E-state index contributed by atoms with van der Waals surface area (Å²) in [6.45, 7) is 1.41. The second-order valence-electron chi connectivity index (χ2n) is 5.07. The fraction of sp³-hybridized carbons (Fsp3) is 0.357. The normalized spacial score (nSPS) is 23.3. The predicted octanol–water partition coefficient (Wildman–Crippen LogP) is 2.94. The van der Waals surface area contributed by atoms with Crippen molar-refractivity contribution < 1.29 is 8.78 Å². The lowest BCUT2D eigenvalue weighted by molar-refractivity contribution is 0.159. The predicted molar refractivity (Wildman–Crippen MR) is 75.6 cm³/mol. The number of nitrogens with zero attached hydrogens (tertiary/aromatic N) is 2. The first-order chi connectivity index (χ1) is 9.57. The third-order valence-electron chi connectivity index (χ3n) is 3.61. The largest absolute Gasteiger partial charge is 0.375 e. The highest BCUT2D eigenvalue weighted by atomic mass is 32.1. The van der Waals surface area contributed by atoms with E-state index in [1.807, 2.05) is 4.90 Å². The Morgan fingerprint density at radius 3 is 2.90 bits per heavy atom. The summed E-state index contributed by atoms with van der Waals surface area (Å²) >= 11 is 1.40. The molecule has 0 bridgehead atoms. The zero-order valence-electron chi connectivity index (χ0n) is 10.9. The van der Waals surface area contributed by atoms with Gasteiger partial charge in [-0.25, -0.2) is 13.8 Å². The van der Waals surface area contributed by atoms with Gasteiger partial charge in [-0.3, -0.25) is 4.90 Å². The third-order valence-corrected chi connectivity index (χ3v) is 4.42. The van der Waals surface area contributed by atoms with Crippen LogP contribution in [-0.2, 0) is 12.2 Å². The van der Waals surface area contributed by atoms with Crippen LogP contribution in [0.1, 0.15) is 16.9 Å². The van der Waals surface area contributed by atoms with Gasteiger partial charge in [0, 0.05) is 36.3 Å². The Morgan fingerprint density at radius 1 is 1.40 bits per heavy atom. The van der Waals surface area contributed by atoms with Crippen molar-refractivity contribution in [3.05, 3.63) is 46.7 Å². The average Bonchev–Trinajstić information content (AvgIpc) is 2.98. The lowest BCUT2D eigenvalue weighted by Crippen LogP contribution is -2.27. The SMILES string of the molecule is Nc1ncc(CN2CCC(F)(c3ccccc3F)C2)s1. The van der Waals surface area contributed by atoms with Crippen molar-refractivity contribution in [2.24, 2.45) is 0 Å². The molecular weight excluding hydrogens is 280 g/mol. The van der Waals surface area contributed by atoms with Crippen LogP contribution in [0.2, 0.25) is 0 Å². The Hall–Kier alpha value is -1.53. The number of hydrogen-bond acceptors (Lipinski definition) is 4. The average molecular weight is 295 g/mol. The van der Waals surface area contributed by atoms with Crippen LogP contribution in [0, 0.1) is 5.82 Å². The summed E-state index contributed by atoms with van der Waals surface area (Å²) in [7, 11) is 0. The number of nitrogen functional groups attached to an aromatic ring is 1. The van der Waals surface area contributed by atoms with Crippen LogP contribution in [0.5, 0.6) is 0 Å². The highest BCUT2D eigenvalue weighted by Crippen LogP contribution is 2.38. The first-order valence-electron chi connectivity index (χ1n) is 6.43. The van der Waals surface area contributed by atoms with Gasteiger partial charge in [0.2, 0.25) is 0 Å². The molecule has 1 atom stereocenters. The third kappa shape index (κ3) is 2.53. The van der Waals surface area contributed by atoms with Crippen molar-refractivity contribution in [1.29, 1.82) is 0 Å². The molecule has 1 aliphatic heterocycles. The van der Waals surface area contributed by atoms with Gasteiger partial charge in [0.05, 0.1) is 0 Å². The van der Waals surface area contributed by atoms with E-state index in [9.17, 15) is 8.78 Å². The minimum Gasteiger partial charge on any atom is -0.375 e. The number of benzene rings is 1.